The molecule has 0 saturated carbocycles. The van der Waals surface area contributed by atoms with Crippen LogP contribution in [0.1, 0.15) is 4.88 Å². The van der Waals surface area contributed by atoms with Gasteiger partial charge in [-0.1, -0.05) is 23.5 Å². The van der Waals surface area contributed by atoms with Gasteiger partial charge in [0.2, 0.25) is 5.88 Å². The predicted octanol–water partition coefficient (Wildman–Crippen LogP) is 0.682. The molecule has 0 atom stereocenters. The number of rotatable bonds is 1. The zero-order valence-electron chi connectivity index (χ0n) is 8.66. The van der Waals surface area contributed by atoms with Gasteiger partial charge in [-0.05, 0) is 12.1 Å². The number of aromatic hydroxyl groups is 1. The lowest BCUT2D eigenvalue weighted by Crippen LogP contribution is -2.19. The Balaban J connectivity index is 2.09. The van der Waals surface area contributed by atoms with Crippen LogP contribution in [0.15, 0.2) is 40.1 Å². The molecular weight excluding hydrogens is 236 g/mol. The molecule has 0 unspecified atom stereocenters. The van der Waals surface area contributed by atoms with Crippen LogP contribution in [0, 0.1) is 0 Å². The number of nitrogen functional groups attached to an aromatic ring is 1. The Hall–Kier alpha value is -2.21. The molecule has 0 spiro atoms. The maximum absolute atomic E-state index is 9.50. The first kappa shape index (κ1) is 9.98. The first-order valence-electron chi connectivity index (χ1n) is 4.92. The first-order valence-corrected chi connectivity index (χ1v) is 5.73. The van der Waals surface area contributed by atoms with Crippen molar-refractivity contribution < 1.29 is 5.11 Å². The Morgan fingerprint density at radius 1 is 1.18 bits per heavy atom. The van der Waals surface area contributed by atoms with E-state index in [1.165, 1.54) is 11.3 Å². The van der Waals surface area contributed by atoms with Gasteiger partial charge < -0.3 is 10.8 Å². The molecule has 1 aliphatic heterocycles. The second-order valence-corrected chi connectivity index (χ2v) is 4.52. The molecule has 0 aliphatic carbocycles. The van der Waals surface area contributed by atoms with Gasteiger partial charge in [0, 0.05) is 6.08 Å². The normalized spacial score (nSPS) is 12.8. The molecule has 0 fully saturated rings. The lowest BCUT2D eigenvalue weighted by molar-refractivity contribution is 0.457. The minimum Gasteiger partial charge on any atom is -0.492 e. The van der Waals surface area contributed by atoms with Crippen LogP contribution in [0.2, 0.25) is 0 Å². The van der Waals surface area contributed by atoms with Gasteiger partial charge in [-0.3, -0.25) is 0 Å². The predicted molar refractivity (Wildman–Crippen MR) is 64.9 cm³/mol. The van der Waals surface area contributed by atoms with E-state index in [-0.39, 0.29) is 5.88 Å². The quantitative estimate of drug-likeness (QED) is 0.773. The highest BCUT2D eigenvalue weighted by molar-refractivity contribution is 7.16. The van der Waals surface area contributed by atoms with E-state index >= 15 is 0 Å². The number of nitrogens with zero attached hydrogens (tertiary/aromatic N) is 3. The Morgan fingerprint density at radius 3 is 2.35 bits per heavy atom. The summed E-state index contributed by atoms with van der Waals surface area (Å²) in [7, 11) is 0. The summed E-state index contributed by atoms with van der Waals surface area (Å²) in [6, 6.07) is 7.59. The molecule has 6 heteroatoms. The van der Waals surface area contributed by atoms with Crippen molar-refractivity contribution in [3.63, 3.8) is 0 Å². The van der Waals surface area contributed by atoms with E-state index in [4.69, 9.17) is 5.73 Å². The fourth-order valence-electron chi connectivity index (χ4n) is 1.54. The summed E-state index contributed by atoms with van der Waals surface area (Å²) < 4.78 is 0. The Kier molecular flexibility index (Phi) is 2.15. The van der Waals surface area contributed by atoms with E-state index < -0.39 is 0 Å². The van der Waals surface area contributed by atoms with Crippen molar-refractivity contribution in [3.8, 4) is 5.88 Å². The van der Waals surface area contributed by atoms with Crippen LogP contribution in [0.5, 0.6) is 5.88 Å². The average Bonchev–Trinajstić information content (AvgIpc) is 2.82. The number of para-hydroxylation sites is 2. The van der Waals surface area contributed by atoms with Crippen LogP contribution < -0.4 is 16.4 Å². The van der Waals surface area contributed by atoms with Crippen LogP contribution >= 0.6 is 11.3 Å². The molecular formula is C11H8N4OS. The van der Waals surface area contributed by atoms with Crippen molar-refractivity contribution in [2.75, 3.05) is 5.73 Å². The largest absolute Gasteiger partial charge is 0.492 e. The third-order valence-electron chi connectivity index (χ3n) is 2.26. The second-order valence-electron chi connectivity index (χ2n) is 3.45. The molecule has 3 N–H and O–H groups in total. The summed E-state index contributed by atoms with van der Waals surface area (Å²) in [5.74, 6) is 0.464. The third kappa shape index (κ3) is 1.78. The Morgan fingerprint density at radius 2 is 1.82 bits per heavy atom. The van der Waals surface area contributed by atoms with Crippen molar-refractivity contribution in [1.82, 2.24) is 4.98 Å². The number of aromatic nitrogens is 1. The van der Waals surface area contributed by atoms with Gasteiger partial charge in [0.25, 0.3) is 0 Å². The van der Waals surface area contributed by atoms with Crippen LogP contribution in [-0.4, -0.2) is 10.1 Å². The minimum atomic E-state index is -0.0821. The monoisotopic (exact) mass is 244 g/mol. The molecule has 2 heterocycles. The van der Waals surface area contributed by atoms with Crippen molar-refractivity contribution in [1.29, 1.82) is 0 Å². The van der Waals surface area contributed by atoms with Crippen LogP contribution in [0.3, 0.4) is 0 Å². The van der Waals surface area contributed by atoms with Crippen molar-refractivity contribution in [2.45, 2.75) is 0 Å². The average molecular weight is 244 g/mol. The summed E-state index contributed by atoms with van der Waals surface area (Å²) in [6.45, 7) is 0. The highest BCUT2D eigenvalue weighted by atomic mass is 32.1. The molecule has 17 heavy (non-hydrogen) atoms. The summed E-state index contributed by atoms with van der Waals surface area (Å²) in [5, 5.41) is 11.5. The van der Waals surface area contributed by atoms with Gasteiger partial charge in [-0.15, -0.1) is 0 Å². The van der Waals surface area contributed by atoms with Crippen molar-refractivity contribution in [3.05, 3.63) is 45.7 Å². The number of hydrogen-bond donors (Lipinski definition) is 2. The summed E-state index contributed by atoms with van der Waals surface area (Å²) in [4.78, 5) is 12.9. The second kappa shape index (κ2) is 3.67. The highest BCUT2D eigenvalue weighted by Crippen LogP contribution is 2.28. The number of hydrogen-bond acceptors (Lipinski definition) is 6. The zero-order valence-corrected chi connectivity index (χ0v) is 9.48. The fourth-order valence-corrected chi connectivity index (χ4v) is 2.20. The van der Waals surface area contributed by atoms with E-state index in [0.29, 0.717) is 15.8 Å². The lowest BCUT2D eigenvalue weighted by atomic mass is 10.3. The number of fused-ring (bicyclic) bond motifs is 1. The molecule has 1 aromatic heterocycles. The topological polar surface area (TPSA) is 83.9 Å². The Bertz CT molecular complexity index is 695. The molecule has 5 nitrogen and oxygen atoms in total. The van der Waals surface area contributed by atoms with E-state index in [1.807, 2.05) is 24.3 Å². The van der Waals surface area contributed by atoms with Crippen LogP contribution in [-0.2, 0) is 0 Å². The Labute approximate surface area is 100 Å². The van der Waals surface area contributed by atoms with E-state index in [2.05, 4.69) is 15.0 Å². The SMILES string of the molecule is Nc1nc(O)c(C=C2N=c3ccccc3=N2)s1. The van der Waals surface area contributed by atoms with Crippen molar-refractivity contribution in [2.24, 2.45) is 9.98 Å². The molecule has 0 radical (unpaired) electrons. The highest BCUT2D eigenvalue weighted by Gasteiger charge is 2.08. The van der Waals surface area contributed by atoms with Gasteiger partial charge in [0.1, 0.15) is 0 Å². The van der Waals surface area contributed by atoms with Crippen LogP contribution in [0.25, 0.3) is 6.08 Å². The van der Waals surface area contributed by atoms with Crippen molar-refractivity contribution >= 4 is 22.5 Å². The summed E-state index contributed by atoms with van der Waals surface area (Å²) in [5.41, 5.74) is 5.49. The molecule has 2 aromatic rings. The van der Waals surface area contributed by atoms with Gasteiger partial charge >= 0.3 is 0 Å². The number of nitrogens with two attached hydrogens (primary N) is 1. The fraction of sp³-hybridized carbons (Fsp3) is 0. The standard InChI is InChI=1S/C11H8N4OS/c12-11-15-10(16)8(17-11)5-9-13-6-3-1-2-4-7(6)14-9/h1-5,16H,(H2,12,15). The smallest absolute Gasteiger partial charge is 0.231 e. The van der Waals surface area contributed by atoms with Gasteiger partial charge in [-0.25, -0.2) is 9.98 Å². The minimum absolute atomic E-state index is 0.0821. The van der Waals surface area contributed by atoms with E-state index in [9.17, 15) is 5.11 Å². The summed E-state index contributed by atoms with van der Waals surface area (Å²) >= 11 is 1.20. The maximum atomic E-state index is 9.50. The van der Waals surface area contributed by atoms with Gasteiger partial charge in [0.15, 0.2) is 11.0 Å². The molecule has 0 bridgehead atoms. The third-order valence-corrected chi connectivity index (χ3v) is 3.08. The zero-order chi connectivity index (χ0) is 11.8. The van der Waals surface area contributed by atoms with Gasteiger partial charge in [-0.2, -0.15) is 4.98 Å². The molecule has 1 aliphatic rings. The number of benzene rings is 1. The molecule has 0 amide bonds. The number of thiazole rings is 1. The lowest BCUT2D eigenvalue weighted by Gasteiger charge is -1.87. The molecule has 3 rings (SSSR count). The molecule has 1 aromatic carbocycles. The van der Waals surface area contributed by atoms with E-state index in [1.54, 1.807) is 6.08 Å². The summed E-state index contributed by atoms with van der Waals surface area (Å²) in [6.07, 6.45) is 1.67. The number of anilines is 1. The first-order chi connectivity index (χ1) is 8.22. The molecule has 0 saturated heterocycles. The maximum Gasteiger partial charge on any atom is 0.231 e. The van der Waals surface area contributed by atoms with E-state index in [0.717, 1.165) is 10.7 Å². The van der Waals surface area contributed by atoms with Gasteiger partial charge in [0.05, 0.1) is 15.6 Å². The van der Waals surface area contributed by atoms with Crippen LogP contribution in [0.4, 0.5) is 5.13 Å². The molecule has 84 valence electrons.